The first-order valence-corrected chi connectivity index (χ1v) is 13.0. The minimum atomic E-state index is -0.259. The van der Waals surface area contributed by atoms with Crippen LogP contribution in [0.25, 0.3) is 22.0 Å². The summed E-state index contributed by atoms with van der Waals surface area (Å²) >= 11 is 0. The maximum absolute atomic E-state index is 13.2. The molecule has 2 saturated heterocycles. The van der Waals surface area contributed by atoms with Gasteiger partial charge in [0.25, 0.3) is 5.91 Å². The summed E-state index contributed by atoms with van der Waals surface area (Å²) in [6.07, 6.45) is 9.90. The number of likely N-dealkylation sites (tertiary alicyclic amines) is 1. The highest BCUT2D eigenvalue weighted by Gasteiger charge is 2.17. The Labute approximate surface area is 216 Å². The number of carbonyl (C=O) groups is 1. The van der Waals surface area contributed by atoms with Gasteiger partial charge in [0.05, 0.1) is 17.4 Å². The minimum Gasteiger partial charge on any atom is -0.319 e. The van der Waals surface area contributed by atoms with Crippen LogP contribution in [0.3, 0.4) is 0 Å². The maximum atomic E-state index is 13.2. The summed E-state index contributed by atoms with van der Waals surface area (Å²) in [5.41, 5.74) is 6.19. The van der Waals surface area contributed by atoms with Gasteiger partial charge >= 0.3 is 0 Å². The Hall–Kier alpha value is -3.66. The number of piperazine rings is 1. The summed E-state index contributed by atoms with van der Waals surface area (Å²) in [7, 11) is 0. The first kappa shape index (κ1) is 23.7. The van der Waals surface area contributed by atoms with Crippen molar-refractivity contribution in [3.8, 4) is 11.1 Å². The second kappa shape index (κ2) is 10.8. The molecule has 4 aromatic rings. The van der Waals surface area contributed by atoms with Crippen molar-refractivity contribution in [2.45, 2.75) is 25.9 Å². The molecular formula is C28H32N8O. The molecule has 9 nitrogen and oxygen atoms in total. The number of carbonyl (C=O) groups excluding carboxylic acids is 1. The van der Waals surface area contributed by atoms with Gasteiger partial charge in [-0.15, -0.1) is 0 Å². The third kappa shape index (κ3) is 5.53. The van der Waals surface area contributed by atoms with Crippen LogP contribution < -0.4 is 10.6 Å². The van der Waals surface area contributed by atoms with E-state index in [1.807, 2.05) is 42.9 Å². The van der Waals surface area contributed by atoms with Gasteiger partial charge in [-0.05, 0) is 66.9 Å². The number of benzene rings is 1. The molecular weight excluding hydrogens is 464 g/mol. The molecule has 2 aliphatic rings. The molecule has 5 heterocycles. The largest absolute Gasteiger partial charge is 0.319 e. The Morgan fingerprint density at radius 3 is 2.38 bits per heavy atom. The standard InChI is InChI=1S/C28H32N8O/c37-28(32-24-12-21(15-31-17-24)19-36-9-5-29-6-10-36)27-25-13-22(3-4-26(25)33-34-27)23-11-20(14-30-16-23)18-35-7-1-2-8-35/h3-4,11-17,29H,1-2,5-10,18-19H2,(H,32,37)(H,33,34). The van der Waals surface area contributed by atoms with E-state index in [9.17, 15) is 4.79 Å². The van der Waals surface area contributed by atoms with Crippen LogP contribution in [0.4, 0.5) is 5.69 Å². The SMILES string of the molecule is O=C(Nc1cncc(CN2CCNCC2)c1)c1n[nH]c2ccc(-c3cncc(CN4CCCC4)c3)cc12. The lowest BCUT2D eigenvalue weighted by Gasteiger charge is -2.27. The first-order chi connectivity index (χ1) is 18.2. The molecule has 0 unspecified atom stereocenters. The van der Waals surface area contributed by atoms with E-state index in [1.165, 1.54) is 18.4 Å². The van der Waals surface area contributed by atoms with Crippen LogP contribution in [0.5, 0.6) is 0 Å². The van der Waals surface area contributed by atoms with E-state index in [-0.39, 0.29) is 5.91 Å². The van der Waals surface area contributed by atoms with E-state index in [0.717, 1.165) is 80.0 Å². The molecule has 6 rings (SSSR count). The highest BCUT2D eigenvalue weighted by Crippen LogP contribution is 2.27. The van der Waals surface area contributed by atoms with E-state index in [0.29, 0.717) is 11.4 Å². The molecule has 0 saturated carbocycles. The predicted octanol–water partition coefficient (Wildman–Crippen LogP) is 3.27. The van der Waals surface area contributed by atoms with Crippen molar-refractivity contribution in [3.05, 3.63) is 71.9 Å². The molecule has 1 aromatic carbocycles. The quantitative estimate of drug-likeness (QED) is 0.361. The number of aromatic nitrogens is 4. The fourth-order valence-corrected chi connectivity index (χ4v) is 5.26. The summed E-state index contributed by atoms with van der Waals surface area (Å²) in [6.45, 7) is 8.05. The van der Waals surface area contributed by atoms with Crippen LogP contribution in [0, 0.1) is 0 Å². The Balaban J connectivity index is 1.20. The Morgan fingerprint density at radius 2 is 1.57 bits per heavy atom. The third-order valence-corrected chi connectivity index (χ3v) is 7.18. The third-order valence-electron chi connectivity index (χ3n) is 7.18. The van der Waals surface area contributed by atoms with Crippen LogP contribution in [0.1, 0.15) is 34.5 Å². The van der Waals surface area contributed by atoms with Gasteiger partial charge in [0.15, 0.2) is 5.69 Å². The summed E-state index contributed by atoms with van der Waals surface area (Å²) in [5.74, 6) is -0.259. The Morgan fingerprint density at radius 1 is 0.838 bits per heavy atom. The topological polar surface area (TPSA) is 102 Å². The van der Waals surface area contributed by atoms with Crippen molar-refractivity contribution in [2.24, 2.45) is 0 Å². The van der Waals surface area contributed by atoms with Crippen molar-refractivity contribution in [2.75, 3.05) is 44.6 Å². The minimum absolute atomic E-state index is 0.259. The number of hydrogen-bond donors (Lipinski definition) is 3. The van der Waals surface area contributed by atoms with Gasteiger partial charge in [-0.1, -0.05) is 6.07 Å². The molecule has 2 aliphatic heterocycles. The number of nitrogens with one attached hydrogen (secondary N) is 3. The smallest absolute Gasteiger partial charge is 0.276 e. The van der Waals surface area contributed by atoms with Crippen molar-refractivity contribution < 1.29 is 4.79 Å². The van der Waals surface area contributed by atoms with Gasteiger partial charge in [0.1, 0.15) is 0 Å². The number of amides is 1. The number of aromatic amines is 1. The Kier molecular flexibility index (Phi) is 6.90. The lowest BCUT2D eigenvalue weighted by molar-refractivity contribution is 0.102. The highest BCUT2D eigenvalue weighted by molar-refractivity contribution is 6.11. The second-order valence-corrected chi connectivity index (χ2v) is 9.96. The second-order valence-electron chi connectivity index (χ2n) is 9.96. The predicted molar refractivity (Wildman–Crippen MR) is 144 cm³/mol. The van der Waals surface area contributed by atoms with Crippen LogP contribution in [0.2, 0.25) is 0 Å². The normalized spacial score (nSPS) is 16.9. The van der Waals surface area contributed by atoms with Gasteiger partial charge < -0.3 is 10.6 Å². The van der Waals surface area contributed by atoms with Crippen molar-refractivity contribution in [1.29, 1.82) is 0 Å². The first-order valence-electron chi connectivity index (χ1n) is 13.0. The van der Waals surface area contributed by atoms with Gasteiger partial charge in [-0.2, -0.15) is 5.10 Å². The average molecular weight is 497 g/mol. The van der Waals surface area contributed by atoms with Crippen LogP contribution in [0.15, 0.2) is 55.1 Å². The van der Waals surface area contributed by atoms with E-state index in [4.69, 9.17) is 0 Å². The lowest BCUT2D eigenvalue weighted by atomic mass is 10.0. The molecule has 3 aromatic heterocycles. The van der Waals surface area contributed by atoms with E-state index in [1.54, 1.807) is 6.20 Å². The molecule has 1 amide bonds. The molecule has 190 valence electrons. The number of hydrogen-bond acceptors (Lipinski definition) is 7. The maximum Gasteiger partial charge on any atom is 0.276 e. The zero-order chi connectivity index (χ0) is 25.0. The molecule has 0 spiro atoms. The summed E-state index contributed by atoms with van der Waals surface area (Å²) in [4.78, 5) is 26.9. The number of fused-ring (bicyclic) bond motifs is 1. The van der Waals surface area contributed by atoms with Crippen LogP contribution in [-0.4, -0.2) is 75.1 Å². The number of H-pyrrole nitrogens is 1. The number of pyridine rings is 2. The zero-order valence-corrected chi connectivity index (χ0v) is 20.9. The number of anilines is 1. The van der Waals surface area contributed by atoms with Gasteiger partial charge in [0.2, 0.25) is 0 Å². The average Bonchev–Trinajstić information content (AvgIpc) is 3.59. The number of nitrogens with zero attached hydrogens (tertiary/aromatic N) is 5. The van der Waals surface area contributed by atoms with Gasteiger partial charge in [0, 0.05) is 68.8 Å². The summed E-state index contributed by atoms with van der Waals surface area (Å²) in [6, 6.07) is 10.2. The lowest BCUT2D eigenvalue weighted by Crippen LogP contribution is -2.42. The van der Waals surface area contributed by atoms with E-state index in [2.05, 4.69) is 46.7 Å². The van der Waals surface area contributed by atoms with Crippen LogP contribution >= 0.6 is 0 Å². The van der Waals surface area contributed by atoms with E-state index < -0.39 is 0 Å². The molecule has 3 N–H and O–H groups in total. The summed E-state index contributed by atoms with van der Waals surface area (Å²) in [5, 5.41) is 14.5. The highest BCUT2D eigenvalue weighted by atomic mass is 16.1. The molecule has 0 aliphatic carbocycles. The van der Waals surface area contributed by atoms with Gasteiger partial charge in [-0.3, -0.25) is 29.7 Å². The molecule has 0 bridgehead atoms. The monoisotopic (exact) mass is 496 g/mol. The molecule has 0 radical (unpaired) electrons. The molecule has 37 heavy (non-hydrogen) atoms. The van der Waals surface area contributed by atoms with E-state index >= 15 is 0 Å². The summed E-state index contributed by atoms with van der Waals surface area (Å²) < 4.78 is 0. The van der Waals surface area contributed by atoms with Crippen LogP contribution in [-0.2, 0) is 13.1 Å². The molecule has 0 atom stereocenters. The fourth-order valence-electron chi connectivity index (χ4n) is 5.26. The number of rotatable bonds is 7. The van der Waals surface area contributed by atoms with Crippen molar-refractivity contribution in [1.82, 2.24) is 35.3 Å². The van der Waals surface area contributed by atoms with Crippen molar-refractivity contribution in [3.63, 3.8) is 0 Å². The Bertz CT molecular complexity index is 1390. The molecule has 9 heteroatoms. The molecule has 2 fully saturated rings. The van der Waals surface area contributed by atoms with Crippen molar-refractivity contribution >= 4 is 22.5 Å². The van der Waals surface area contributed by atoms with Gasteiger partial charge in [-0.25, -0.2) is 0 Å². The zero-order valence-electron chi connectivity index (χ0n) is 20.9. The fraction of sp³-hybridized carbons (Fsp3) is 0.357.